The molecule has 1 aromatic carbocycles. The molecule has 2 N–H and O–H groups in total. The van der Waals surface area contributed by atoms with Crippen molar-refractivity contribution in [2.75, 3.05) is 13.7 Å². The molecule has 0 aliphatic heterocycles. The monoisotopic (exact) mass is 239 g/mol. The number of hydrogen-bond acceptors (Lipinski definition) is 3. The first kappa shape index (κ1) is 12.3. The lowest BCUT2D eigenvalue weighted by molar-refractivity contribution is 0.171. The molecule has 0 saturated heterocycles. The zero-order valence-corrected chi connectivity index (χ0v) is 9.95. The van der Waals surface area contributed by atoms with Gasteiger partial charge in [0, 0.05) is 12.6 Å². The number of ether oxygens (including phenoxy) is 1. The first-order chi connectivity index (χ1) is 8.19. The molecular formula is C13H18FNO2. The van der Waals surface area contributed by atoms with Gasteiger partial charge in [0.2, 0.25) is 0 Å². The minimum Gasteiger partial charge on any atom is -0.494 e. The molecule has 2 rings (SSSR count). The van der Waals surface area contributed by atoms with Gasteiger partial charge in [-0.3, -0.25) is 0 Å². The summed E-state index contributed by atoms with van der Waals surface area (Å²) < 4.78 is 18.2. The molecule has 94 valence electrons. The average molecular weight is 239 g/mol. The van der Waals surface area contributed by atoms with Gasteiger partial charge < -0.3 is 15.2 Å². The average Bonchev–Trinajstić information content (AvgIpc) is 3.10. The Balaban J connectivity index is 1.86. The third-order valence-corrected chi connectivity index (χ3v) is 2.91. The summed E-state index contributed by atoms with van der Waals surface area (Å²) in [6.07, 6.45) is 2.39. The smallest absolute Gasteiger partial charge is 0.165 e. The summed E-state index contributed by atoms with van der Waals surface area (Å²) in [7, 11) is 1.44. The second-order valence-corrected chi connectivity index (χ2v) is 4.51. The first-order valence-corrected chi connectivity index (χ1v) is 5.93. The first-order valence-electron chi connectivity index (χ1n) is 5.93. The number of halogens is 1. The van der Waals surface area contributed by atoms with E-state index in [1.807, 2.05) is 0 Å². The fraction of sp³-hybridized carbons (Fsp3) is 0.538. The van der Waals surface area contributed by atoms with Crippen LogP contribution < -0.4 is 10.1 Å². The molecule has 1 aromatic rings. The van der Waals surface area contributed by atoms with Gasteiger partial charge in [-0.1, -0.05) is 6.07 Å². The highest BCUT2D eigenvalue weighted by atomic mass is 19.1. The van der Waals surface area contributed by atoms with Crippen molar-refractivity contribution < 1.29 is 14.2 Å². The molecule has 1 aliphatic carbocycles. The maximum atomic E-state index is 13.4. The Bertz CT molecular complexity index is 380. The molecule has 1 atom stereocenters. The SMILES string of the molecule is COc1ccc(CC(O)CNC2CC2)cc1F. The zero-order chi connectivity index (χ0) is 12.3. The zero-order valence-electron chi connectivity index (χ0n) is 9.95. The van der Waals surface area contributed by atoms with Crippen LogP contribution in [0.5, 0.6) is 5.75 Å². The van der Waals surface area contributed by atoms with Gasteiger partial charge in [-0.05, 0) is 37.0 Å². The molecule has 1 unspecified atom stereocenters. The van der Waals surface area contributed by atoms with Crippen molar-refractivity contribution in [1.29, 1.82) is 0 Å². The molecule has 1 aliphatic rings. The Morgan fingerprint density at radius 1 is 1.53 bits per heavy atom. The molecule has 0 bridgehead atoms. The second-order valence-electron chi connectivity index (χ2n) is 4.51. The number of methoxy groups -OCH3 is 1. The van der Waals surface area contributed by atoms with Gasteiger partial charge in [-0.25, -0.2) is 4.39 Å². The number of hydrogen-bond donors (Lipinski definition) is 2. The Kier molecular flexibility index (Phi) is 3.97. The molecule has 0 amide bonds. The van der Waals surface area contributed by atoms with E-state index in [-0.39, 0.29) is 11.6 Å². The second kappa shape index (κ2) is 5.47. The van der Waals surface area contributed by atoms with E-state index in [0.717, 1.165) is 5.56 Å². The fourth-order valence-corrected chi connectivity index (χ4v) is 1.77. The van der Waals surface area contributed by atoms with E-state index >= 15 is 0 Å². The van der Waals surface area contributed by atoms with E-state index in [9.17, 15) is 9.50 Å². The Labute approximate surface area is 101 Å². The summed E-state index contributed by atoms with van der Waals surface area (Å²) in [6.45, 7) is 0.568. The molecule has 0 aromatic heterocycles. The summed E-state index contributed by atoms with van der Waals surface area (Å²) in [5.74, 6) is -0.147. The van der Waals surface area contributed by atoms with Crippen molar-refractivity contribution in [3.8, 4) is 5.75 Å². The number of rotatable bonds is 6. The van der Waals surface area contributed by atoms with E-state index in [1.165, 1.54) is 26.0 Å². The van der Waals surface area contributed by atoms with Crippen LogP contribution in [0.15, 0.2) is 18.2 Å². The minimum absolute atomic E-state index is 0.236. The normalized spacial score (nSPS) is 16.9. The lowest BCUT2D eigenvalue weighted by Gasteiger charge is -2.12. The van der Waals surface area contributed by atoms with Crippen molar-refractivity contribution in [1.82, 2.24) is 5.32 Å². The highest BCUT2D eigenvalue weighted by molar-refractivity contribution is 5.29. The summed E-state index contributed by atoms with van der Waals surface area (Å²) >= 11 is 0. The maximum Gasteiger partial charge on any atom is 0.165 e. The topological polar surface area (TPSA) is 41.5 Å². The van der Waals surface area contributed by atoms with Crippen molar-refractivity contribution in [2.24, 2.45) is 0 Å². The van der Waals surface area contributed by atoms with E-state index in [1.54, 1.807) is 12.1 Å². The van der Waals surface area contributed by atoms with E-state index < -0.39 is 6.10 Å². The largest absolute Gasteiger partial charge is 0.494 e. The summed E-state index contributed by atoms with van der Waals surface area (Å²) in [5, 5.41) is 13.0. The minimum atomic E-state index is -0.469. The van der Waals surface area contributed by atoms with Crippen LogP contribution in [0.25, 0.3) is 0 Å². The molecule has 4 heteroatoms. The van der Waals surface area contributed by atoms with Crippen LogP contribution in [0, 0.1) is 5.82 Å². The third-order valence-electron chi connectivity index (χ3n) is 2.91. The lowest BCUT2D eigenvalue weighted by atomic mass is 10.1. The van der Waals surface area contributed by atoms with Crippen LogP contribution in [0.1, 0.15) is 18.4 Å². The van der Waals surface area contributed by atoms with Crippen LogP contribution in [0.4, 0.5) is 4.39 Å². The van der Waals surface area contributed by atoms with Gasteiger partial charge in [-0.2, -0.15) is 0 Å². The molecule has 1 saturated carbocycles. The number of aliphatic hydroxyl groups excluding tert-OH is 1. The van der Waals surface area contributed by atoms with Crippen LogP contribution in [-0.2, 0) is 6.42 Å². The number of benzene rings is 1. The summed E-state index contributed by atoms with van der Waals surface area (Å²) in [5.41, 5.74) is 0.786. The third kappa shape index (κ3) is 3.68. The summed E-state index contributed by atoms with van der Waals surface area (Å²) in [6, 6.07) is 5.37. The van der Waals surface area contributed by atoms with Gasteiger partial charge in [-0.15, -0.1) is 0 Å². The van der Waals surface area contributed by atoms with Crippen LogP contribution in [0.2, 0.25) is 0 Å². The van der Waals surface area contributed by atoms with Gasteiger partial charge in [0.05, 0.1) is 13.2 Å². The van der Waals surface area contributed by atoms with Crippen molar-refractivity contribution in [2.45, 2.75) is 31.4 Å². The van der Waals surface area contributed by atoms with Crippen molar-refractivity contribution in [3.63, 3.8) is 0 Å². The number of nitrogens with one attached hydrogen (secondary N) is 1. The van der Waals surface area contributed by atoms with Gasteiger partial charge in [0.25, 0.3) is 0 Å². The molecular weight excluding hydrogens is 221 g/mol. The van der Waals surface area contributed by atoms with Crippen LogP contribution in [-0.4, -0.2) is 30.9 Å². The Morgan fingerprint density at radius 2 is 2.29 bits per heavy atom. The molecule has 17 heavy (non-hydrogen) atoms. The molecule has 0 heterocycles. The van der Waals surface area contributed by atoms with Crippen LogP contribution >= 0.6 is 0 Å². The van der Waals surface area contributed by atoms with E-state index in [2.05, 4.69) is 5.32 Å². The number of aliphatic hydroxyl groups is 1. The summed E-state index contributed by atoms with van der Waals surface area (Å²) in [4.78, 5) is 0. The predicted molar refractivity (Wildman–Crippen MR) is 63.7 cm³/mol. The Morgan fingerprint density at radius 3 is 2.88 bits per heavy atom. The molecule has 1 fully saturated rings. The van der Waals surface area contributed by atoms with Crippen molar-refractivity contribution in [3.05, 3.63) is 29.6 Å². The van der Waals surface area contributed by atoms with Gasteiger partial charge in [0.15, 0.2) is 11.6 Å². The van der Waals surface area contributed by atoms with E-state index in [4.69, 9.17) is 4.74 Å². The van der Waals surface area contributed by atoms with Gasteiger partial charge in [0.1, 0.15) is 0 Å². The predicted octanol–water partition coefficient (Wildman–Crippen LogP) is 1.49. The lowest BCUT2D eigenvalue weighted by Crippen LogP contribution is -2.29. The highest BCUT2D eigenvalue weighted by Gasteiger charge is 2.21. The highest BCUT2D eigenvalue weighted by Crippen LogP contribution is 2.20. The van der Waals surface area contributed by atoms with E-state index in [0.29, 0.717) is 19.0 Å². The maximum absolute atomic E-state index is 13.4. The molecule has 0 radical (unpaired) electrons. The molecule has 3 nitrogen and oxygen atoms in total. The quantitative estimate of drug-likeness (QED) is 0.790. The fourth-order valence-electron chi connectivity index (χ4n) is 1.77. The van der Waals surface area contributed by atoms with Crippen LogP contribution in [0.3, 0.4) is 0 Å². The Hall–Kier alpha value is -1.13. The standard InChI is InChI=1S/C13H18FNO2/c1-17-13-5-2-9(7-12(13)14)6-11(16)8-15-10-3-4-10/h2,5,7,10-11,15-16H,3-4,6,8H2,1H3. The van der Waals surface area contributed by atoms with Gasteiger partial charge >= 0.3 is 0 Å². The van der Waals surface area contributed by atoms with Crippen molar-refractivity contribution >= 4 is 0 Å². The molecule has 0 spiro atoms.